The third-order valence-corrected chi connectivity index (χ3v) is 4.71. The van der Waals surface area contributed by atoms with Gasteiger partial charge in [-0.2, -0.15) is 0 Å². The fourth-order valence-corrected chi connectivity index (χ4v) is 3.40. The Bertz CT molecular complexity index is 612. The molecule has 0 radical (unpaired) electrons. The van der Waals surface area contributed by atoms with Crippen molar-refractivity contribution in [2.45, 2.75) is 38.1 Å². The highest BCUT2D eigenvalue weighted by atomic mass is 35.5. The highest BCUT2D eigenvalue weighted by molar-refractivity contribution is 5.98. The molecule has 25 heavy (non-hydrogen) atoms. The lowest BCUT2D eigenvalue weighted by molar-refractivity contribution is -0.116. The summed E-state index contributed by atoms with van der Waals surface area (Å²) in [6.07, 6.45) is 4.69. The number of rotatable bonds is 5. The van der Waals surface area contributed by atoms with Crippen LogP contribution < -0.4 is 15.4 Å². The Kier molecular flexibility index (Phi) is 7.08. The van der Waals surface area contributed by atoms with Gasteiger partial charge in [-0.05, 0) is 50.4 Å². The molecule has 0 spiro atoms. The maximum atomic E-state index is 12.5. The van der Waals surface area contributed by atoms with Crippen molar-refractivity contribution in [3.8, 4) is 5.75 Å². The van der Waals surface area contributed by atoms with E-state index in [1.54, 1.807) is 25.3 Å². The third-order valence-electron chi connectivity index (χ3n) is 4.71. The van der Waals surface area contributed by atoms with Crippen LogP contribution in [0.2, 0.25) is 0 Å². The Morgan fingerprint density at radius 2 is 2.04 bits per heavy atom. The molecule has 6 nitrogen and oxygen atoms in total. The molecule has 0 aliphatic carbocycles. The molecule has 1 unspecified atom stereocenters. The van der Waals surface area contributed by atoms with E-state index in [1.165, 1.54) is 0 Å². The van der Waals surface area contributed by atoms with Gasteiger partial charge in [0.05, 0.1) is 12.8 Å². The van der Waals surface area contributed by atoms with Crippen molar-refractivity contribution in [2.75, 3.05) is 32.1 Å². The Morgan fingerprint density at radius 3 is 2.68 bits per heavy atom. The molecule has 2 aliphatic rings. The number of nitrogens with one attached hydrogen (secondary N) is 2. The number of methoxy groups -OCH3 is 1. The summed E-state index contributed by atoms with van der Waals surface area (Å²) in [7, 11) is 1.56. The molecule has 138 valence electrons. The summed E-state index contributed by atoms with van der Waals surface area (Å²) < 4.78 is 5.32. The molecule has 0 saturated carbocycles. The zero-order chi connectivity index (χ0) is 16.9. The molecule has 1 aromatic rings. The van der Waals surface area contributed by atoms with Crippen molar-refractivity contribution in [1.82, 2.24) is 10.2 Å². The fraction of sp³-hybridized carbons (Fsp3) is 0.556. The number of carbonyl (C=O) groups excluding carboxylic acids is 2. The van der Waals surface area contributed by atoms with Gasteiger partial charge < -0.3 is 20.3 Å². The highest BCUT2D eigenvalue weighted by Gasteiger charge is 2.22. The Labute approximate surface area is 154 Å². The first-order valence-corrected chi connectivity index (χ1v) is 8.68. The van der Waals surface area contributed by atoms with Gasteiger partial charge in [-0.1, -0.05) is 0 Å². The van der Waals surface area contributed by atoms with E-state index >= 15 is 0 Å². The van der Waals surface area contributed by atoms with Crippen molar-refractivity contribution < 1.29 is 14.3 Å². The van der Waals surface area contributed by atoms with E-state index in [1.807, 2.05) is 4.90 Å². The lowest BCUT2D eigenvalue weighted by Crippen LogP contribution is -2.28. The molecule has 2 fully saturated rings. The molecule has 2 saturated heterocycles. The molecular weight excluding hydrogens is 342 g/mol. The number of nitrogens with zero attached hydrogens (tertiary/aromatic N) is 1. The lowest BCUT2D eigenvalue weighted by Gasteiger charge is -2.17. The summed E-state index contributed by atoms with van der Waals surface area (Å²) in [6, 6.07) is 5.46. The SMILES string of the molecule is COc1ccc(C(=O)N2CCCC2)cc1NC(=O)CC1CCCN1.Cl. The molecule has 3 rings (SSSR count). The number of ether oxygens (including phenoxy) is 1. The van der Waals surface area contributed by atoms with E-state index in [2.05, 4.69) is 10.6 Å². The number of likely N-dealkylation sites (tertiary alicyclic amines) is 1. The number of hydrogen-bond acceptors (Lipinski definition) is 4. The predicted octanol–water partition coefficient (Wildman–Crippen LogP) is 2.43. The number of benzene rings is 1. The van der Waals surface area contributed by atoms with Gasteiger partial charge in [0.15, 0.2) is 0 Å². The molecule has 2 heterocycles. The highest BCUT2D eigenvalue weighted by Crippen LogP contribution is 2.27. The van der Waals surface area contributed by atoms with Gasteiger partial charge in [0, 0.05) is 31.1 Å². The van der Waals surface area contributed by atoms with Crippen LogP contribution in [0.15, 0.2) is 18.2 Å². The third kappa shape index (κ3) is 4.86. The number of anilines is 1. The molecule has 0 aromatic heterocycles. The van der Waals surface area contributed by atoms with Crippen LogP contribution in [0.1, 0.15) is 42.5 Å². The van der Waals surface area contributed by atoms with E-state index in [-0.39, 0.29) is 30.3 Å². The van der Waals surface area contributed by atoms with E-state index in [9.17, 15) is 9.59 Å². The van der Waals surface area contributed by atoms with Crippen LogP contribution in [-0.2, 0) is 4.79 Å². The Hall–Kier alpha value is -1.79. The van der Waals surface area contributed by atoms with Crippen molar-refractivity contribution in [3.63, 3.8) is 0 Å². The minimum atomic E-state index is -0.0570. The summed E-state index contributed by atoms with van der Waals surface area (Å²) in [5.74, 6) is 0.530. The number of hydrogen-bond donors (Lipinski definition) is 2. The largest absolute Gasteiger partial charge is 0.495 e. The monoisotopic (exact) mass is 367 g/mol. The summed E-state index contributed by atoms with van der Waals surface area (Å²) in [5, 5.41) is 6.22. The molecule has 2 N–H and O–H groups in total. The minimum Gasteiger partial charge on any atom is -0.495 e. The standard InChI is InChI=1S/C18H25N3O3.ClH/c1-24-16-7-6-13(18(23)21-9-2-3-10-21)11-15(16)20-17(22)12-14-5-4-8-19-14;/h6-7,11,14,19H,2-5,8-10,12H2,1H3,(H,20,22);1H. The van der Waals surface area contributed by atoms with Crippen LogP contribution >= 0.6 is 12.4 Å². The quantitative estimate of drug-likeness (QED) is 0.838. The molecule has 7 heteroatoms. The molecular formula is C18H26ClN3O3. The second kappa shape index (κ2) is 9.06. The van der Waals surface area contributed by atoms with Crippen molar-refractivity contribution in [2.24, 2.45) is 0 Å². The van der Waals surface area contributed by atoms with Crippen molar-refractivity contribution >= 4 is 29.9 Å². The fourth-order valence-electron chi connectivity index (χ4n) is 3.40. The first kappa shape index (κ1) is 19.5. The van der Waals surface area contributed by atoms with E-state index in [0.29, 0.717) is 23.4 Å². The van der Waals surface area contributed by atoms with E-state index in [4.69, 9.17) is 4.74 Å². The van der Waals surface area contributed by atoms with Gasteiger partial charge in [-0.3, -0.25) is 9.59 Å². The average molecular weight is 368 g/mol. The summed E-state index contributed by atoms with van der Waals surface area (Å²) in [6.45, 7) is 2.58. The van der Waals surface area contributed by atoms with Crippen LogP contribution in [0.5, 0.6) is 5.75 Å². The Balaban J connectivity index is 0.00000225. The van der Waals surface area contributed by atoms with Gasteiger partial charge >= 0.3 is 0 Å². The van der Waals surface area contributed by atoms with Crippen molar-refractivity contribution in [3.05, 3.63) is 23.8 Å². The first-order valence-electron chi connectivity index (χ1n) is 8.68. The maximum absolute atomic E-state index is 12.5. The zero-order valence-electron chi connectivity index (χ0n) is 14.5. The molecule has 1 atom stereocenters. The van der Waals surface area contributed by atoms with E-state index < -0.39 is 0 Å². The van der Waals surface area contributed by atoms with Crippen LogP contribution in [0.25, 0.3) is 0 Å². The van der Waals surface area contributed by atoms with Gasteiger partial charge in [-0.15, -0.1) is 12.4 Å². The van der Waals surface area contributed by atoms with Crippen molar-refractivity contribution in [1.29, 1.82) is 0 Å². The van der Waals surface area contributed by atoms with Gasteiger partial charge in [-0.25, -0.2) is 0 Å². The number of halogens is 1. The second-order valence-corrected chi connectivity index (χ2v) is 6.46. The maximum Gasteiger partial charge on any atom is 0.253 e. The zero-order valence-corrected chi connectivity index (χ0v) is 15.4. The summed E-state index contributed by atoms with van der Waals surface area (Å²) in [5.41, 5.74) is 1.15. The number of carbonyl (C=O) groups is 2. The van der Waals surface area contributed by atoms with Gasteiger partial charge in [0.25, 0.3) is 5.91 Å². The normalized spacial score (nSPS) is 19.4. The number of amides is 2. The summed E-state index contributed by atoms with van der Waals surface area (Å²) in [4.78, 5) is 26.7. The van der Waals surface area contributed by atoms with Crippen LogP contribution in [0, 0.1) is 0 Å². The average Bonchev–Trinajstić information content (AvgIpc) is 3.27. The van der Waals surface area contributed by atoms with Crippen LogP contribution in [0.4, 0.5) is 5.69 Å². The lowest BCUT2D eigenvalue weighted by atomic mass is 10.1. The Morgan fingerprint density at radius 1 is 1.28 bits per heavy atom. The smallest absolute Gasteiger partial charge is 0.253 e. The topological polar surface area (TPSA) is 70.7 Å². The molecule has 2 aliphatic heterocycles. The summed E-state index contributed by atoms with van der Waals surface area (Å²) >= 11 is 0. The second-order valence-electron chi connectivity index (χ2n) is 6.46. The van der Waals surface area contributed by atoms with Crippen LogP contribution in [-0.4, -0.2) is 49.5 Å². The van der Waals surface area contributed by atoms with E-state index in [0.717, 1.165) is 45.3 Å². The molecule has 1 aromatic carbocycles. The molecule has 2 amide bonds. The minimum absolute atomic E-state index is 0. The van der Waals surface area contributed by atoms with Gasteiger partial charge in [0.1, 0.15) is 5.75 Å². The predicted molar refractivity (Wildman–Crippen MR) is 99.7 cm³/mol. The first-order chi connectivity index (χ1) is 11.7. The van der Waals surface area contributed by atoms with Crippen LogP contribution in [0.3, 0.4) is 0 Å². The molecule has 0 bridgehead atoms. The van der Waals surface area contributed by atoms with Gasteiger partial charge in [0.2, 0.25) is 5.91 Å².